The van der Waals surface area contributed by atoms with E-state index in [4.69, 9.17) is 4.74 Å². The van der Waals surface area contributed by atoms with Crippen LogP contribution in [0.25, 0.3) is 0 Å². The van der Waals surface area contributed by atoms with Crippen molar-refractivity contribution in [1.29, 1.82) is 0 Å². The van der Waals surface area contributed by atoms with Gasteiger partial charge in [-0.2, -0.15) is 0 Å². The summed E-state index contributed by atoms with van der Waals surface area (Å²) in [6.07, 6.45) is 3.50. The van der Waals surface area contributed by atoms with Crippen LogP contribution in [0, 0.1) is 5.82 Å². The maximum Gasteiger partial charge on any atom is 0.264 e. The van der Waals surface area contributed by atoms with Crippen molar-refractivity contribution in [3.8, 4) is 0 Å². The molecule has 0 bridgehead atoms. The molecule has 2 aromatic rings. The van der Waals surface area contributed by atoms with E-state index in [1.807, 2.05) is 11.4 Å². The third kappa shape index (κ3) is 4.59. The lowest BCUT2D eigenvalue weighted by atomic mass is 10.2. The molecule has 2 saturated heterocycles. The van der Waals surface area contributed by atoms with Gasteiger partial charge in [0.05, 0.1) is 16.7 Å². The average Bonchev–Trinajstić information content (AvgIpc) is 3.49. The van der Waals surface area contributed by atoms with Crippen LogP contribution in [-0.2, 0) is 9.53 Å². The second kappa shape index (κ2) is 8.92. The van der Waals surface area contributed by atoms with E-state index < -0.39 is 11.9 Å². The second-order valence-corrected chi connectivity index (χ2v) is 8.28. The molecule has 8 heteroatoms. The van der Waals surface area contributed by atoms with Crippen LogP contribution in [0.5, 0.6) is 0 Å². The SMILES string of the molecule is O=C(Nc1ccc(NCC2CCCO2)c(F)c1)[C@@H]1CCCN1C(=O)c1cccs1. The summed E-state index contributed by atoms with van der Waals surface area (Å²) in [6.45, 7) is 1.87. The Morgan fingerprint density at radius 1 is 1.24 bits per heavy atom. The van der Waals surface area contributed by atoms with Crippen LogP contribution in [0.4, 0.5) is 15.8 Å². The standard InChI is InChI=1S/C21H24FN3O3S/c22-16-12-14(7-8-17(16)23-13-15-4-2-10-28-15)24-20(26)18-5-1-9-25(18)21(27)19-6-3-11-29-19/h3,6-8,11-12,15,18,23H,1-2,4-5,9-10,13H2,(H,24,26)/t15?,18-/m0/s1. The lowest BCUT2D eigenvalue weighted by Crippen LogP contribution is -2.42. The van der Waals surface area contributed by atoms with Crippen molar-refractivity contribution in [3.05, 3.63) is 46.4 Å². The molecule has 4 rings (SSSR count). The summed E-state index contributed by atoms with van der Waals surface area (Å²) >= 11 is 1.36. The summed E-state index contributed by atoms with van der Waals surface area (Å²) in [4.78, 5) is 27.6. The Balaban J connectivity index is 1.37. The van der Waals surface area contributed by atoms with E-state index in [1.165, 1.54) is 17.4 Å². The highest BCUT2D eigenvalue weighted by atomic mass is 32.1. The quantitative estimate of drug-likeness (QED) is 0.752. The van der Waals surface area contributed by atoms with E-state index in [0.29, 0.717) is 35.8 Å². The molecule has 6 nitrogen and oxygen atoms in total. The summed E-state index contributed by atoms with van der Waals surface area (Å²) in [5.41, 5.74) is 0.763. The Bertz CT molecular complexity index is 868. The molecule has 2 aliphatic heterocycles. The number of halogens is 1. The van der Waals surface area contributed by atoms with Crippen molar-refractivity contribution in [2.75, 3.05) is 30.3 Å². The normalized spacial score (nSPS) is 21.3. The average molecular weight is 418 g/mol. The highest BCUT2D eigenvalue weighted by molar-refractivity contribution is 7.12. The lowest BCUT2D eigenvalue weighted by Gasteiger charge is -2.23. The first kappa shape index (κ1) is 19.8. The van der Waals surface area contributed by atoms with Crippen LogP contribution in [0.15, 0.2) is 35.7 Å². The molecule has 0 spiro atoms. The van der Waals surface area contributed by atoms with Crippen molar-refractivity contribution in [2.24, 2.45) is 0 Å². The highest BCUT2D eigenvalue weighted by Crippen LogP contribution is 2.25. The Morgan fingerprint density at radius 2 is 2.14 bits per heavy atom. The molecular formula is C21H24FN3O3S. The van der Waals surface area contributed by atoms with Gasteiger partial charge >= 0.3 is 0 Å². The number of carbonyl (C=O) groups is 2. The Kier molecular flexibility index (Phi) is 6.10. The molecule has 1 aromatic heterocycles. The Hall–Kier alpha value is -2.45. The van der Waals surface area contributed by atoms with E-state index in [-0.39, 0.29) is 17.9 Å². The van der Waals surface area contributed by atoms with Gasteiger partial charge < -0.3 is 20.3 Å². The van der Waals surface area contributed by atoms with Crippen LogP contribution < -0.4 is 10.6 Å². The van der Waals surface area contributed by atoms with Crippen molar-refractivity contribution >= 4 is 34.5 Å². The zero-order valence-electron chi connectivity index (χ0n) is 16.0. The molecule has 3 heterocycles. The summed E-state index contributed by atoms with van der Waals surface area (Å²) in [7, 11) is 0. The molecule has 2 fully saturated rings. The number of hydrogen-bond acceptors (Lipinski definition) is 5. The third-order valence-electron chi connectivity index (χ3n) is 5.33. The van der Waals surface area contributed by atoms with E-state index >= 15 is 0 Å². The highest BCUT2D eigenvalue weighted by Gasteiger charge is 2.35. The molecule has 154 valence electrons. The van der Waals surface area contributed by atoms with Crippen molar-refractivity contribution in [3.63, 3.8) is 0 Å². The number of nitrogens with zero attached hydrogens (tertiary/aromatic N) is 1. The molecule has 0 radical (unpaired) electrons. The number of anilines is 2. The molecule has 2 amide bonds. The summed E-state index contributed by atoms with van der Waals surface area (Å²) in [6, 6.07) is 7.63. The van der Waals surface area contributed by atoms with Crippen LogP contribution in [0.1, 0.15) is 35.4 Å². The maximum absolute atomic E-state index is 14.4. The predicted molar refractivity (Wildman–Crippen MR) is 111 cm³/mol. The van der Waals surface area contributed by atoms with Gasteiger partial charge in [0.2, 0.25) is 5.91 Å². The molecule has 0 saturated carbocycles. The minimum Gasteiger partial charge on any atom is -0.380 e. The molecule has 2 N–H and O–H groups in total. The van der Waals surface area contributed by atoms with Gasteiger partial charge in [0.15, 0.2) is 0 Å². The first-order chi connectivity index (χ1) is 14.1. The fourth-order valence-electron chi connectivity index (χ4n) is 3.82. The van der Waals surface area contributed by atoms with Gasteiger partial charge in [-0.3, -0.25) is 9.59 Å². The first-order valence-electron chi connectivity index (χ1n) is 9.92. The Labute approximate surface area is 173 Å². The molecular weight excluding hydrogens is 393 g/mol. The van der Waals surface area contributed by atoms with Gasteiger partial charge in [0.1, 0.15) is 11.9 Å². The zero-order valence-corrected chi connectivity index (χ0v) is 16.8. The smallest absolute Gasteiger partial charge is 0.264 e. The van der Waals surface area contributed by atoms with Gasteiger partial charge in [-0.15, -0.1) is 11.3 Å². The number of thiophene rings is 1. The fraction of sp³-hybridized carbons (Fsp3) is 0.429. The monoisotopic (exact) mass is 417 g/mol. The van der Waals surface area contributed by atoms with Gasteiger partial charge in [-0.1, -0.05) is 6.07 Å². The maximum atomic E-state index is 14.4. The third-order valence-corrected chi connectivity index (χ3v) is 6.19. The van der Waals surface area contributed by atoms with Crippen molar-refractivity contribution in [2.45, 2.75) is 37.8 Å². The van der Waals surface area contributed by atoms with Crippen molar-refractivity contribution < 1.29 is 18.7 Å². The first-order valence-corrected chi connectivity index (χ1v) is 10.8. The van der Waals surface area contributed by atoms with E-state index in [2.05, 4.69) is 10.6 Å². The van der Waals surface area contributed by atoms with Crippen LogP contribution in [0.2, 0.25) is 0 Å². The number of carbonyl (C=O) groups excluding carboxylic acids is 2. The minimum absolute atomic E-state index is 0.114. The number of hydrogen-bond donors (Lipinski definition) is 2. The Morgan fingerprint density at radius 3 is 2.86 bits per heavy atom. The number of likely N-dealkylation sites (tertiary alicyclic amines) is 1. The predicted octanol–water partition coefficient (Wildman–Crippen LogP) is 3.72. The minimum atomic E-state index is -0.537. The van der Waals surface area contributed by atoms with Gasteiger partial charge in [-0.05, 0) is 55.3 Å². The van der Waals surface area contributed by atoms with Crippen LogP contribution in [0.3, 0.4) is 0 Å². The van der Waals surface area contributed by atoms with E-state index in [1.54, 1.807) is 23.1 Å². The zero-order chi connectivity index (χ0) is 20.2. The summed E-state index contributed by atoms with van der Waals surface area (Å²) in [5.74, 6) is -0.844. The number of benzene rings is 1. The molecule has 29 heavy (non-hydrogen) atoms. The molecule has 1 aromatic carbocycles. The van der Waals surface area contributed by atoms with Gasteiger partial charge in [-0.25, -0.2) is 4.39 Å². The number of nitrogens with one attached hydrogen (secondary N) is 2. The molecule has 1 unspecified atom stereocenters. The topological polar surface area (TPSA) is 70.7 Å². The number of ether oxygens (including phenoxy) is 1. The number of rotatable bonds is 6. The second-order valence-electron chi connectivity index (χ2n) is 7.33. The molecule has 0 aliphatic carbocycles. The molecule has 2 atom stereocenters. The van der Waals surface area contributed by atoms with E-state index in [0.717, 1.165) is 25.9 Å². The lowest BCUT2D eigenvalue weighted by molar-refractivity contribution is -0.119. The van der Waals surface area contributed by atoms with Gasteiger partial charge in [0.25, 0.3) is 5.91 Å². The number of amides is 2. The largest absolute Gasteiger partial charge is 0.380 e. The fourth-order valence-corrected chi connectivity index (χ4v) is 4.49. The van der Waals surface area contributed by atoms with E-state index in [9.17, 15) is 14.0 Å². The van der Waals surface area contributed by atoms with Gasteiger partial charge in [0, 0.05) is 25.4 Å². The summed E-state index contributed by atoms with van der Waals surface area (Å²) < 4.78 is 20.0. The van der Waals surface area contributed by atoms with Crippen LogP contribution >= 0.6 is 11.3 Å². The molecule has 2 aliphatic rings. The summed E-state index contributed by atoms with van der Waals surface area (Å²) in [5, 5.41) is 7.66. The van der Waals surface area contributed by atoms with Crippen LogP contribution in [-0.4, -0.2) is 48.6 Å². The van der Waals surface area contributed by atoms with Crippen molar-refractivity contribution in [1.82, 2.24) is 4.90 Å².